The third-order valence-electron chi connectivity index (χ3n) is 4.57. The number of amides is 2. The zero-order chi connectivity index (χ0) is 23.3. The fraction of sp³-hybridized carbons (Fsp3) is 0.130. The van der Waals surface area contributed by atoms with Crippen LogP contribution in [0, 0.1) is 0 Å². The second-order valence-electron chi connectivity index (χ2n) is 6.97. The lowest BCUT2D eigenvalue weighted by Crippen LogP contribution is -2.46. The van der Waals surface area contributed by atoms with Gasteiger partial charge in [0.05, 0.1) is 11.7 Å². The smallest absolute Gasteiger partial charge is 0.421 e. The fourth-order valence-corrected chi connectivity index (χ4v) is 2.91. The van der Waals surface area contributed by atoms with Crippen LogP contribution in [0.3, 0.4) is 0 Å². The Balaban J connectivity index is 1.85. The second-order valence-corrected chi connectivity index (χ2v) is 6.97. The molecule has 0 aliphatic heterocycles. The van der Waals surface area contributed by atoms with Crippen LogP contribution < -0.4 is 16.2 Å². The molecule has 3 rings (SSSR count). The van der Waals surface area contributed by atoms with Crippen molar-refractivity contribution in [2.75, 3.05) is 4.90 Å². The number of benzene rings is 2. The number of carbonyl (C=O) groups is 3. The number of nitrogens with one attached hydrogen (secondary N) is 1. The number of hydrogen-bond acceptors (Lipinski definition) is 6. The molecule has 1 aromatic heterocycles. The summed E-state index contributed by atoms with van der Waals surface area (Å²) in [5, 5.41) is 8.98. The standard InChI is InChI=1S/C23H21N3O6/c1-14(24)21(28)26(23(31)32-13-15-5-3-2-4-6-15)17-9-7-16(8-10-17)19-12-11-18(22(29)30)20(27)25-19/h2-12,14H,13,24H2,1H3,(H,25,27)(H,29,30)/t14-/m1/s1. The topological polar surface area (TPSA) is 143 Å². The van der Waals surface area contributed by atoms with E-state index in [2.05, 4.69) is 4.98 Å². The molecule has 32 heavy (non-hydrogen) atoms. The first kappa shape index (κ1) is 22.4. The Labute approximate surface area is 183 Å². The van der Waals surface area contributed by atoms with Gasteiger partial charge in [-0.2, -0.15) is 0 Å². The molecule has 9 heteroatoms. The number of aromatic carboxylic acids is 1. The molecule has 0 aliphatic carbocycles. The van der Waals surface area contributed by atoms with Gasteiger partial charge in [0.1, 0.15) is 12.2 Å². The minimum Gasteiger partial charge on any atom is -0.477 e. The number of hydrogen-bond donors (Lipinski definition) is 3. The number of anilines is 1. The van der Waals surface area contributed by atoms with Crippen molar-refractivity contribution in [1.29, 1.82) is 0 Å². The highest BCUT2D eigenvalue weighted by Crippen LogP contribution is 2.23. The van der Waals surface area contributed by atoms with Crippen LogP contribution >= 0.6 is 0 Å². The normalized spacial score (nSPS) is 11.4. The third kappa shape index (κ3) is 5.08. The molecule has 0 aliphatic rings. The molecule has 0 saturated heterocycles. The summed E-state index contributed by atoms with van der Waals surface area (Å²) in [6.45, 7) is 1.45. The number of carbonyl (C=O) groups excluding carboxylic acids is 2. The summed E-state index contributed by atoms with van der Waals surface area (Å²) < 4.78 is 5.29. The van der Waals surface area contributed by atoms with Gasteiger partial charge < -0.3 is 20.6 Å². The van der Waals surface area contributed by atoms with Crippen LogP contribution in [0.4, 0.5) is 10.5 Å². The van der Waals surface area contributed by atoms with E-state index in [9.17, 15) is 19.2 Å². The zero-order valence-corrected chi connectivity index (χ0v) is 17.1. The molecule has 0 saturated carbocycles. The minimum absolute atomic E-state index is 0.0162. The van der Waals surface area contributed by atoms with E-state index in [1.807, 2.05) is 6.07 Å². The average Bonchev–Trinajstić information content (AvgIpc) is 2.78. The molecule has 9 nitrogen and oxygen atoms in total. The Morgan fingerprint density at radius 1 is 1.03 bits per heavy atom. The predicted molar refractivity (Wildman–Crippen MR) is 117 cm³/mol. The maximum atomic E-state index is 12.7. The quantitative estimate of drug-likeness (QED) is 0.540. The summed E-state index contributed by atoms with van der Waals surface area (Å²) in [4.78, 5) is 51.5. The number of aromatic amines is 1. The van der Waals surface area contributed by atoms with Gasteiger partial charge in [0, 0.05) is 5.69 Å². The van der Waals surface area contributed by atoms with E-state index in [4.69, 9.17) is 15.6 Å². The van der Waals surface area contributed by atoms with Crippen molar-refractivity contribution in [3.8, 4) is 11.3 Å². The second kappa shape index (κ2) is 9.71. The van der Waals surface area contributed by atoms with Crippen LogP contribution in [-0.4, -0.2) is 34.1 Å². The number of H-pyrrole nitrogens is 1. The number of nitrogens with zero attached hydrogens (tertiary/aromatic N) is 1. The predicted octanol–water partition coefficient (Wildman–Crippen LogP) is 2.76. The first-order valence-electron chi connectivity index (χ1n) is 9.65. The summed E-state index contributed by atoms with van der Waals surface area (Å²) >= 11 is 0. The van der Waals surface area contributed by atoms with Gasteiger partial charge in [-0.3, -0.25) is 9.59 Å². The maximum absolute atomic E-state index is 12.7. The van der Waals surface area contributed by atoms with Crippen LogP contribution in [0.2, 0.25) is 0 Å². The Hall–Kier alpha value is -4.24. The van der Waals surface area contributed by atoms with Crippen molar-refractivity contribution >= 4 is 23.7 Å². The first-order chi connectivity index (χ1) is 15.3. The summed E-state index contributed by atoms with van der Waals surface area (Å²) in [5.74, 6) is -1.97. The molecule has 164 valence electrons. The van der Waals surface area contributed by atoms with Gasteiger partial charge in [0.15, 0.2) is 0 Å². The van der Waals surface area contributed by atoms with Gasteiger partial charge in [-0.15, -0.1) is 0 Å². The van der Waals surface area contributed by atoms with E-state index in [0.717, 1.165) is 10.5 Å². The molecule has 1 heterocycles. The number of aromatic nitrogens is 1. The zero-order valence-electron chi connectivity index (χ0n) is 17.1. The van der Waals surface area contributed by atoms with Crippen molar-refractivity contribution in [2.45, 2.75) is 19.6 Å². The molecule has 2 aromatic carbocycles. The van der Waals surface area contributed by atoms with Crippen LogP contribution in [0.1, 0.15) is 22.8 Å². The van der Waals surface area contributed by atoms with E-state index < -0.39 is 29.6 Å². The van der Waals surface area contributed by atoms with Crippen LogP contribution in [0.5, 0.6) is 0 Å². The number of rotatable bonds is 6. The highest BCUT2D eigenvalue weighted by Gasteiger charge is 2.27. The molecule has 3 aromatic rings. The van der Waals surface area contributed by atoms with Crippen molar-refractivity contribution < 1.29 is 24.2 Å². The van der Waals surface area contributed by atoms with Gasteiger partial charge in [0.25, 0.3) is 11.5 Å². The average molecular weight is 435 g/mol. The summed E-state index contributed by atoms with van der Waals surface area (Å²) in [7, 11) is 0. The molecule has 0 radical (unpaired) electrons. The largest absolute Gasteiger partial charge is 0.477 e. The highest BCUT2D eigenvalue weighted by molar-refractivity contribution is 6.14. The fourth-order valence-electron chi connectivity index (χ4n) is 2.91. The number of imide groups is 1. The molecular weight excluding hydrogens is 414 g/mol. The number of carboxylic acids is 1. The SMILES string of the molecule is C[C@@H](N)C(=O)N(C(=O)OCc1ccccc1)c1ccc(-c2ccc(C(=O)O)c(=O)[nH]2)cc1. The monoisotopic (exact) mass is 435 g/mol. The summed E-state index contributed by atoms with van der Waals surface area (Å²) in [6, 6.07) is 16.9. The van der Waals surface area contributed by atoms with E-state index in [0.29, 0.717) is 11.3 Å². The lowest BCUT2D eigenvalue weighted by atomic mass is 10.1. The van der Waals surface area contributed by atoms with Crippen molar-refractivity contribution in [3.63, 3.8) is 0 Å². The van der Waals surface area contributed by atoms with Crippen LogP contribution in [0.25, 0.3) is 11.3 Å². The maximum Gasteiger partial charge on any atom is 0.421 e. The Kier molecular flexibility index (Phi) is 6.81. The van der Waals surface area contributed by atoms with E-state index in [1.165, 1.54) is 31.2 Å². The van der Waals surface area contributed by atoms with E-state index in [1.54, 1.807) is 36.4 Å². The van der Waals surface area contributed by atoms with E-state index >= 15 is 0 Å². The third-order valence-corrected chi connectivity index (χ3v) is 4.57. The van der Waals surface area contributed by atoms with Gasteiger partial charge in [-0.25, -0.2) is 14.5 Å². The molecule has 1 atom stereocenters. The van der Waals surface area contributed by atoms with Crippen LogP contribution in [0.15, 0.2) is 71.5 Å². The molecule has 0 fully saturated rings. The van der Waals surface area contributed by atoms with Gasteiger partial charge in [0.2, 0.25) is 0 Å². The first-order valence-corrected chi connectivity index (χ1v) is 9.65. The van der Waals surface area contributed by atoms with Gasteiger partial charge >= 0.3 is 12.1 Å². The summed E-state index contributed by atoms with van der Waals surface area (Å²) in [5.41, 5.74) is 6.52. The number of carboxylic acid groups (broad SMARTS) is 1. The number of ether oxygens (including phenoxy) is 1. The molecule has 2 amide bonds. The van der Waals surface area contributed by atoms with E-state index in [-0.39, 0.29) is 17.9 Å². The lowest BCUT2D eigenvalue weighted by Gasteiger charge is -2.22. The number of nitrogens with two attached hydrogens (primary N) is 1. The highest BCUT2D eigenvalue weighted by atomic mass is 16.6. The Morgan fingerprint density at radius 2 is 1.69 bits per heavy atom. The molecule has 4 N–H and O–H groups in total. The molecule has 0 bridgehead atoms. The number of pyridine rings is 1. The Bertz CT molecular complexity index is 1190. The molecular formula is C23H21N3O6. The molecule has 0 spiro atoms. The van der Waals surface area contributed by atoms with Crippen molar-refractivity contribution in [1.82, 2.24) is 4.98 Å². The van der Waals surface area contributed by atoms with Crippen LogP contribution in [-0.2, 0) is 16.1 Å². The van der Waals surface area contributed by atoms with Gasteiger partial charge in [-0.1, -0.05) is 42.5 Å². The lowest BCUT2D eigenvalue weighted by molar-refractivity contribution is -0.119. The van der Waals surface area contributed by atoms with Gasteiger partial charge in [-0.05, 0) is 42.3 Å². The minimum atomic E-state index is -1.33. The van der Waals surface area contributed by atoms with Crippen molar-refractivity contribution in [3.05, 3.63) is 88.2 Å². The summed E-state index contributed by atoms with van der Waals surface area (Å²) in [6.07, 6.45) is -0.872. The van der Waals surface area contributed by atoms with Crippen molar-refractivity contribution in [2.24, 2.45) is 5.73 Å². The molecule has 0 unspecified atom stereocenters. The Morgan fingerprint density at radius 3 is 2.25 bits per heavy atom.